The second-order valence-electron chi connectivity index (χ2n) is 6.57. The number of aromatic nitrogens is 3. The summed E-state index contributed by atoms with van der Waals surface area (Å²) in [4.78, 5) is 26.5. The third kappa shape index (κ3) is 3.93. The van der Waals surface area contributed by atoms with Crippen LogP contribution in [0.15, 0.2) is 18.3 Å². The zero-order chi connectivity index (χ0) is 18.0. The number of primary amides is 1. The second-order valence-corrected chi connectivity index (χ2v) is 6.57. The van der Waals surface area contributed by atoms with E-state index in [1.807, 2.05) is 33.0 Å². The molecule has 1 aliphatic rings. The number of carbonyl (C=O) groups is 1. The molecular formula is C18H24N6O. The fraction of sp³-hybridized carbons (Fsp3) is 0.444. The lowest BCUT2D eigenvalue weighted by Gasteiger charge is -2.21. The van der Waals surface area contributed by atoms with Gasteiger partial charge in [-0.05, 0) is 38.8 Å². The predicted octanol–water partition coefficient (Wildman–Crippen LogP) is 1.26. The van der Waals surface area contributed by atoms with Gasteiger partial charge >= 0.3 is 0 Å². The van der Waals surface area contributed by atoms with Gasteiger partial charge in [-0.25, -0.2) is 9.97 Å². The van der Waals surface area contributed by atoms with Crippen LogP contribution in [0.5, 0.6) is 0 Å². The Bertz CT molecular complexity index is 774. The summed E-state index contributed by atoms with van der Waals surface area (Å²) in [5.41, 5.74) is 9.33. The summed E-state index contributed by atoms with van der Waals surface area (Å²) in [6.07, 6.45) is 2.93. The van der Waals surface area contributed by atoms with Gasteiger partial charge in [0.25, 0.3) is 5.91 Å². The van der Waals surface area contributed by atoms with Crippen LogP contribution in [-0.4, -0.2) is 40.0 Å². The van der Waals surface area contributed by atoms with E-state index in [-0.39, 0.29) is 5.82 Å². The average Bonchev–Trinajstić information content (AvgIpc) is 3.05. The number of nitrogens with one attached hydrogen (secondary N) is 1. The van der Waals surface area contributed by atoms with Crippen molar-refractivity contribution in [3.05, 3.63) is 46.7 Å². The molecule has 1 saturated heterocycles. The van der Waals surface area contributed by atoms with E-state index in [9.17, 15) is 4.79 Å². The minimum atomic E-state index is -0.593. The van der Waals surface area contributed by atoms with Crippen LogP contribution < -0.4 is 16.0 Å². The molecule has 0 radical (unpaired) electrons. The van der Waals surface area contributed by atoms with E-state index in [1.54, 1.807) is 0 Å². The molecule has 132 valence electrons. The van der Waals surface area contributed by atoms with E-state index in [0.29, 0.717) is 6.04 Å². The summed E-state index contributed by atoms with van der Waals surface area (Å²) in [5.74, 6) is 0.299. The zero-order valence-corrected chi connectivity index (χ0v) is 14.9. The first-order valence-corrected chi connectivity index (χ1v) is 8.49. The molecule has 2 aromatic rings. The second kappa shape index (κ2) is 7.14. The van der Waals surface area contributed by atoms with Crippen molar-refractivity contribution in [3.8, 4) is 0 Å². The predicted molar refractivity (Wildman–Crippen MR) is 96.5 cm³/mol. The van der Waals surface area contributed by atoms with Crippen molar-refractivity contribution in [2.75, 3.05) is 18.0 Å². The lowest BCUT2D eigenvalue weighted by molar-refractivity contribution is 0.0990. The standard InChI is InChI=1S/C18H24N6O/c1-11-4-5-14(8-20-11)9-21-15-6-7-24(10-15)18-12(2)13(3)22-17(23-18)16(19)25/h4-5,8,15,21H,6-7,9-10H2,1-3H3,(H2,19,25)/t15-/m1/s1. The number of anilines is 1. The Labute approximate surface area is 147 Å². The van der Waals surface area contributed by atoms with Crippen LogP contribution in [0.25, 0.3) is 0 Å². The summed E-state index contributed by atoms with van der Waals surface area (Å²) in [6.45, 7) is 8.37. The summed E-state index contributed by atoms with van der Waals surface area (Å²) in [6, 6.07) is 4.49. The first-order valence-electron chi connectivity index (χ1n) is 8.49. The maximum Gasteiger partial charge on any atom is 0.286 e. The van der Waals surface area contributed by atoms with Gasteiger partial charge in [0.05, 0.1) is 0 Å². The summed E-state index contributed by atoms with van der Waals surface area (Å²) >= 11 is 0. The maximum atomic E-state index is 11.4. The van der Waals surface area contributed by atoms with Gasteiger partial charge in [0, 0.05) is 48.8 Å². The van der Waals surface area contributed by atoms with Crippen LogP contribution >= 0.6 is 0 Å². The Balaban J connectivity index is 1.66. The number of nitrogens with zero attached hydrogens (tertiary/aromatic N) is 4. The number of pyridine rings is 1. The van der Waals surface area contributed by atoms with E-state index < -0.39 is 5.91 Å². The van der Waals surface area contributed by atoms with E-state index in [1.165, 1.54) is 5.56 Å². The Morgan fingerprint density at radius 2 is 2.12 bits per heavy atom. The fourth-order valence-electron chi connectivity index (χ4n) is 3.02. The molecule has 1 fully saturated rings. The molecule has 7 heteroatoms. The SMILES string of the molecule is Cc1ccc(CN[C@@H]2CCN(c3nc(C(N)=O)nc(C)c3C)C2)cn1. The van der Waals surface area contributed by atoms with Gasteiger partial charge < -0.3 is 16.0 Å². The summed E-state index contributed by atoms with van der Waals surface area (Å²) in [5, 5.41) is 3.57. The molecule has 0 saturated carbocycles. The third-order valence-electron chi connectivity index (χ3n) is 4.64. The highest BCUT2D eigenvalue weighted by molar-refractivity contribution is 5.89. The van der Waals surface area contributed by atoms with Crippen LogP contribution in [0.1, 0.15) is 39.6 Å². The molecule has 3 N–H and O–H groups in total. The average molecular weight is 340 g/mol. The van der Waals surface area contributed by atoms with Crippen LogP contribution in [0.3, 0.4) is 0 Å². The number of rotatable bonds is 5. The molecule has 0 unspecified atom stereocenters. The summed E-state index contributed by atoms with van der Waals surface area (Å²) < 4.78 is 0. The molecule has 1 amide bonds. The Morgan fingerprint density at radius 1 is 1.32 bits per heavy atom. The molecule has 7 nitrogen and oxygen atoms in total. The monoisotopic (exact) mass is 340 g/mol. The number of aryl methyl sites for hydroxylation is 2. The van der Waals surface area contributed by atoms with Crippen molar-refractivity contribution >= 4 is 11.7 Å². The molecular weight excluding hydrogens is 316 g/mol. The van der Waals surface area contributed by atoms with Gasteiger partial charge in [-0.1, -0.05) is 6.07 Å². The number of carbonyl (C=O) groups excluding carboxylic acids is 1. The minimum absolute atomic E-state index is 0.0836. The lowest BCUT2D eigenvalue weighted by atomic mass is 10.2. The van der Waals surface area contributed by atoms with E-state index in [2.05, 4.69) is 31.2 Å². The first kappa shape index (κ1) is 17.3. The van der Waals surface area contributed by atoms with Crippen molar-refractivity contribution in [3.63, 3.8) is 0 Å². The highest BCUT2D eigenvalue weighted by Crippen LogP contribution is 2.24. The Kier molecular flexibility index (Phi) is 4.94. The van der Waals surface area contributed by atoms with Crippen molar-refractivity contribution in [1.29, 1.82) is 0 Å². The maximum absolute atomic E-state index is 11.4. The largest absolute Gasteiger partial charge is 0.363 e. The smallest absolute Gasteiger partial charge is 0.286 e. The van der Waals surface area contributed by atoms with Crippen LogP contribution in [0.4, 0.5) is 5.82 Å². The van der Waals surface area contributed by atoms with Gasteiger partial charge in [0.1, 0.15) is 5.82 Å². The van der Waals surface area contributed by atoms with Crippen molar-refractivity contribution in [2.45, 2.75) is 39.8 Å². The topological polar surface area (TPSA) is 97.0 Å². The van der Waals surface area contributed by atoms with Gasteiger partial charge in [-0.3, -0.25) is 9.78 Å². The fourth-order valence-corrected chi connectivity index (χ4v) is 3.02. The number of nitrogens with two attached hydrogens (primary N) is 1. The van der Waals surface area contributed by atoms with Crippen molar-refractivity contribution in [2.24, 2.45) is 5.73 Å². The van der Waals surface area contributed by atoms with Crippen LogP contribution in [0.2, 0.25) is 0 Å². The molecule has 3 heterocycles. The highest BCUT2D eigenvalue weighted by atomic mass is 16.1. The molecule has 0 aromatic carbocycles. The first-order chi connectivity index (χ1) is 11.9. The zero-order valence-electron chi connectivity index (χ0n) is 14.9. The molecule has 0 aliphatic carbocycles. The van der Waals surface area contributed by atoms with E-state index >= 15 is 0 Å². The molecule has 0 spiro atoms. The molecule has 25 heavy (non-hydrogen) atoms. The minimum Gasteiger partial charge on any atom is -0.363 e. The van der Waals surface area contributed by atoms with E-state index in [4.69, 9.17) is 5.73 Å². The number of hydrogen-bond donors (Lipinski definition) is 2. The van der Waals surface area contributed by atoms with Crippen molar-refractivity contribution in [1.82, 2.24) is 20.3 Å². The molecule has 3 rings (SSSR count). The van der Waals surface area contributed by atoms with E-state index in [0.717, 1.165) is 48.8 Å². The van der Waals surface area contributed by atoms with Gasteiger partial charge in [-0.15, -0.1) is 0 Å². The normalized spacial score (nSPS) is 17.1. The Morgan fingerprint density at radius 3 is 2.80 bits per heavy atom. The van der Waals surface area contributed by atoms with Crippen molar-refractivity contribution < 1.29 is 4.79 Å². The quantitative estimate of drug-likeness (QED) is 0.851. The lowest BCUT2D eigenvalue weighted by Crippen LogP contribution is -2.33. The van der Waals surface area contributed by atoms with Crippen LogP contribution in [-0.2, 0) is 6.54 Å². The number of amides is 1. The molecule has 1 aliphatic heterocycles. The third-order valence-corrected chi connectivity index (χ3v) is 4.64. The number of hydrogen-bond acceptors (Lipinski definition) is 6. The van der Waals surface area contributed by atoms with Gasteiger partial charge in [0.2, 0.25) is 5.82 Å². The Hall–Kier alpha value is -2.54. The molecule has 0 bridgehead atoms. The molecule has 1 atom stereocenters. The van der Waals surface area contributed by atoms with Crippen LogP contribution in [0, 0.1) is 20.8 Å². The highest BCUT2D eigenvalue weighted by Gasteiger charge is 2.26. The molecule has 2 aromatic heterocycles. The van der Waals surface area contributed by atoms with Gasteiger partial charge in [-0.2, -0.15) is 0 Å². The summed E-state index contributed by atoms with van der Waals surface area (Å²) in [7, 11) is 0. The van der Waals surface area contributed by atoms with Gasteiger partial charge in [0.15, 0.2) is 0 Å².